The highest BCUT2D eigenvalue weighted by molar-refractivity contribution is 6.01. The number of carbonyl (C=O) groups is 3. The van der Waals surface area contributed by atoms with Gasteiger partial charge in [-0.1, -0.05) is 53.9 Å². The molecule has 2 N–H and O–H groups in total. The number of hydrogen-bond donors (Lipinski definition) is 2. The summed E-state index contributed by atoms with van der Waals surface area (Å²) in [6.07, 6.45) is 9.28. The van der Waals surface area contributed by atoms with E-state index in [2.05, 4.69) is 27.7 Å². The van der Waals surface area contributed by atoms with Gasteiger partial charge < -0.3 is 10.2 Å². The van der Waals surface area contributed by atoms with Crippen LogP contribution >= 0.6 is 0 Å². The Morgan fingerprint density at radius 3 is 2.31 bits per heavy atom. The lowest BCUT2D eigenvalue weighted by Gasteiger charge is -2.53. The molecule has 0 radical (unpaired) electrons. The first-order valence-electron chi connectivity index (χ1n) is 12.6. The van der Waals surface area contributed by atoms with Crippen molar-refractivity contribution in [1.29, 1.82) is 0 Å². The third-order valence-corrected chi connectivity index (χ3v) is 9.62. The van der Waals surface area contributed by atoms with Crippen LogP contribution in [-0.4, -0.2) is 27.9 Å². The highest BCUT2D eigenvalue weighted by Crippen LogP contribution is 2.64. The minimum absolute atomic E-state index is 0.00918. The van der Waals surface area contributed by atoms with Gasteiger partial charge in [0.15, 0.2) is 5.78 Å². The highest BCUT2D eigenvalue weighted by Gasteiger charge is 2.60. The lowest BCUT2D eigenvalue weighted by Crippen LogP contribution is -2.51. The molecule has 0 heterocycles. The van der Waals surface area contributed by atoms with Crippen molar-refractivity contribution in [1.82, 2.24) is 0 Å². The minimum Gasteiger partial charge on any atom is -0.481 e. The van der Waals surface area contributed by atoms with Gasteiger partial charge in [-0.3, -0.25) is 9.59 Å². The molecule has 180 valence electrons. The molecule has 7 atom stereocenters. The number of ketones is 1. The molecule has 3 aliphatic rings. The summed E-state index contributed by atoms with van der Waals surface area (Å²) in [6.45, 7) is 11.1. The summed E-state index contributed by atoms with van der Waals surface area (Å²) in [4.78, 5) is 36.7. The minimum atomic E-state index is -1.08. The summed E-state index contributed by atoms with van der Waals surface area (Å²) in [6, 6.07) is 0. The Kier molecular flexibility index (Phi) is 7.26. The molecule has 0 aromatic carbocycles. The molecule has 3 rings (SSSR count). The first-order chi connectivity index (χ1) is 14.9. The van der Waals surface area contributed by atoms with Crippen molar-refractivity contribution in [2.75, 3.05) is 0 Å². The maximum absolute atomic E-state index is 12.7. The fourth-order valence-corrected chi connectivity index (χ4v) is 7.83. The van der Waals surface area contributed by atoms with Crippen molar-refractivity contribution in [3.8, 4) is 0 Å². The number of aliphatic carboxylic acids is 2. The van der Waals surface area contributed by atoms with E-state index in [1.54, 1.807) is 0 Å². The van der Waals surface area contributed by atoms with E-state index in [1.807, 2.05) is 6.92 Å². The van der Waals surface area contributed by atoms with Crippen molar-refractivity contribution < 1.29 is 24.6 Å². The molecule has 0 spiro atoms. The Morgan fingerprint density at radius 2 is 1.72 bits per heavy atom. The van der Waals surface area contributed by atoms with Crippen LogP contribution in [0.2, 0.25) is 0 Å². The highest BCUT2D eigenvalue weighted by atomic mass is 16.4. The number of carboxylic acids is 2. The van der Waals surface area contributed by atoms with Gasteiger partial charge in [-0.25, -0.2) is 4.79 Å². The lowest BCUT2D eigenvalue weighted by atomic mass is 9.49. The van der Waals surface area contributed by atoms with Crippen LogP contribution in [0.3, 0.4) is 0 Å². The molecule has 5 heteroatoms. The molecule has 2 unspecified atom stereocenters. The van der Waals surface area contributed by atoms with Crippen molar-refractivity contribution in [3.05, 3.63) is 11.6 Å². The molecule has 3 aliphatic carbocycles. The quantitative estimate of drug-likeness (QED) is 0.479. The van der Waals surface area contributed by atoms with Gasteiger partial charge in [0.1, 0.15) is 0 Å². The molecular weight excluding hydrogens is 404 g/mol. The molecule has 32 heavy (non-hydrogen) atoms. The zero-order valence-electron chi connectivity index (χ0n) is 20.5. The van der Waals surface area contributed by atoms with Crippen LogP contribution in [0, 0.1) is 46.3 Å². The Morgan fingerprint density at radius 1 is 1.03 bits per heavy atom. The molecule has 0 aromatic heterocycles. The van der Waals surface area contributed by atoms with E-state index in [9.17, 15) is 24.6 Å². The first-order valence-corrected chi connectivity index (χ1v) is 12.6. The summed E-state index contributed by atoms with van der Waals surface area (Å²) in [7, 11) is 0. The van der Waals surface area contributed by atoms with Crippen molar-refractivity contribution in [3.63, 3.8) is 0 Å². The zero-order valence-corrected chi connectivity index (χ0v) is 20.5. The number of carboxylic acid groups (broad SMARTS) is 2. The first kappa shape index (κ1) is 25.0. The molecule has 2 saturated carbocycles. The van der Waals surface area contributed by atoms with Crippen LogP contribution in [0.25, 0.3) is 0 Å². The fraction of sp³-hybridized carbons (Fsp3) is 0.815. The van der Waals surface area contributed by atoms with E-state index >= 15 is 0 Å². The van der Waals surface area contributed by atoms with Crippen LogP contribution in [0.15, 0.2) is 11.6 Å². The standard InChI is InChI=1S/C27H42O5/c1-16(2)7-6-8-17(3)19-9-10-20-23(25(31)32)21(12-14-26(19,20)4)27(5)13-11-18(28)15-22(27)24(29)30/h15-17,19-21,23H,6-14H2,1-5H3,(H,29,30)(H,31,32)/t17-,19-,20+,21?,23?,26-,27-/m1/s1. The van der Waals surface area contributed by atoms with Gasteiger partial charge in [-0.15, -0.1) is 0 Å². The molecule has 0 amide bonds. The van der Waals surface area contributed by atoms with Crippen LogP contribution in [0.1, 0.15) is 92.4 Å². The second kappa shape index (κ2) is 9.30. The second-order valence-electron chi connectivity index (χ2n) is 11.9. The van der Waals surface area contributed by atoms with Crippen molar-refractivity contribution >= 4 is 17.7 Å². The average molecular weight is 447 g/mol. The van der Waals surface area contributed by atoms with Gasteiger partial charge in [0, 0.05) is 17.4 Å². The predicted molar refractivity (Wildman–Crippen MR) is 124 cm³/mol. The maximum Gasteiger partial charge on any atom is 0.332 e. The predicted octanol–water partition coefficient (Wildman–Crippen LogP) is 5.97. The van der Waals surface area contributed by atoms with Crippen molar-refractivity contribution in [2.45, 2.75) is 92.4 Å². The number of rotatable bonds is 8. The Hall–Kier alpha value is -1.65. The normalized spacial score (nSPS) is 38.3. The average Bonchev–Trinajstić information content (AvgIpc) is 3.05. The van der Waals surface area contributed by atoms with E-state index < -0.39 is 23.3 Å². The van der Waals surface area contributed by atoms with E-state index in [-0.39, 0.29) is 28.6 Å². The number of hydrogen-bond acceptors (Lipinski definition) is 3. The van der Waals surface area contributed by atoms with Crippen LogP contribution in [-0.2, 0) is 14.4 Å². The van der Waals surface area contributed by atoms with Crippen LogP contribution < -0.4 is 0 Å². The molecule has 0 saturated heterocycles. The molecule has 0 aromatic rings. The monoisotopic (exact) mass is 446 g/mol. The Labute approximate surface area is 193 Å². The maximum atomic E-state index is 12.7. The fourth-order valence-electron chi connectivity index (χ4n) is 7.83. The van der Waals surface area contributed by atoms with Gasteiger partial charge in [-0.2, -0.15) is 0 Å². The summed E-state index contributed by atoms with van der Waals surface area (Å²) in [5.74, 6) is -0.955. The van der Waals surface area contributed by atoms with Gasteiger partial charge in [0.2, 0.25) is 0 Å². The molecule has 5 nitrogen and oxygen atoms in total. The van der Waals surface area contributed by atoms with E-state index in [4.69, 9.17) is 0 Å². The smallest absolute Gasteiger partial charge is 0.332 e. The molecular formula is C27H42O5. The third-order valence-electron chi connectivity index (χ3n) is 9.62. The lowest BCUT2D eigenvalue weighted by molar-refractivity contribution is -0.157. The number of carbonyl (C=O) groups excluding carboxylic acids is 1. The van der Waals surface area contributed by atoms with Crippen LogP contribution in [0.5, 0.6) is 0 Å². The zero-order chi connectivity index (χ0) is 23.8. The molecule has 2 fully saturated rings. The molecule has 0 bridgehead atoms. The molecule has 0 aliphatic heterocycles. The Balaban J connectivity index is 1.87. The Bertz CT molecular complexity index is 783. The largest absolute Gasteiger partial charge is 0.481 e. The van der Waals surface area contributed by atoms with Crippen LogP contribution in [0.4, 0.5) is 0 Å². The summed E-state index contributed by atoms with van der Waals surface area (Å²) in [5, 5.41) is 20.2. The summed E-state index contributed by atoms with van der Waals surface area (Å²) in [5.41, 5.74) is -0.666. The summed E-state index contributed by atoms with van der Waals surface area (Å²) >= 11 is 0. The van der Waals surface area contributed by atoms with E-state index in [0.717, 1.165) is 19.3 Å². The van der Waals surface area contributed by atoms with Gasteiger partial charge >= 0.3 is 11.9 Å². The topological polar surface area (TPSA) is 91.7 Å². The number of allylic oxidation sites excluding steroid dienone is 1. The second-order valence-corrected chi connectivity index (χ2v) is 11.9. The van der Waals surface area contributed by atoms with Gasteiger partial charge in [-0.05, 0) is 73.2 Å². The van der Waals surface area contributed by atoms with E-state index in [0.29, 0.717) is 37.0 Å². The van der Waals surface area contributed by atoms with Crippen molar-refractivity contribution in [2.24, 2.45) is 46.3 Å². The third kappa shape index (κ3) is 4.41. The van der Waals surface area contributed by atoms with E-state index in [1.165, 1.54) is 25.3 Å². The number of fused-ring (bicyclic) bond motifs is 1. The summed E-state index contributed by atoms with van der Waals surface area (Å²) < 4.78 is 0. The van der Waals surface area contributed by atoms with Gasteiger partial charge in [0.05, 0.1) is 5.92 Å². The van der Waals surface area contributed by atoms with Gasteiger partial charge in [0.25, 0.3) is 0 Å². The SMILES string of the molecule is CC(C)CCC[C@@H](C)[C@H]1CC[C@H]2C(C(=O)O)C([C@@]3(C)CCC(=O)C=C3C(=O)O)CC[C@]12C.